The number of hydrogen-bond acceptors (Lipinski definition) is 1. The molecule has 1 rings (SSSR count). The van der Waals surface area contributed by atoms with Gasteiger partial charge in [-0.2, -0.15) is 0 Å². The van der Waals surface area contributed by atoms with Crippen LogP contribution in [0, 0.1) is 0 Å². The molecule has 0 saturated carbocycles. The zero-order chi connectivity index (χ0) is 12.7. The van der Waals surface area contributed by atoms with Crippen molar-refractivity contribution in [3.63, 3.8) is 0 Å². The molecule has 1 nitrogen and oxygen atoms in total. The number of benzene rings is 1. The second kappa shape index (κ2) is 7.73. The van der Waals surface area contributed by atoms with Crippen LogP contribution in [0.3, 0.4) is 0 Å². The molecule has 0 aromatic heterocycles. The average molecular weight is 254 g/mol. The van der Waals surface area contributed by atoms with Gasteiger partial charge < -0.3 is 5.32 Å². The number of rotatable bonds is 7. The Balaban J connectivity index is 2.36. The minimum atomic E-state index is 0.540. The fourth-order valence-electron chi connectivity index (χ4n) is 1.80. The van der Waals surface area contributed by atoms with E-state index < -0.39 is 0 Å². The molecule has 0 heterocycles. The van der Waals surface area contributed by atoms with Crippen LogP contribution in [0.1, 0.15) is 50.7 Å². The Kier molecular flexibility index (Phi) is 6.61. The number of hydrogen-bond donors (Lipinski definition) is 1. The van der Waals surface area contributed by atoms with Crippen molar-refractivity contribution in [2.75, 3.05) is 5.88 Å². The van der Waals surface area contributed by atoms with Gasteiger partial charge in [-0.3, -0.25) is 0 Å². The van der Waals surface area contributed by atoms with E-state index in [1.54, 1.807) is 0 Å². The summed E-state index contributed by atoms with van der Waals surface area (Å²) in [4.78, 5) is 0. The van der Waals surface area contributed by atoms with Gasteiger partial charge >= 0.3 is 0 Å². The normalized spacial score (nSPS) is 13.0. The molecule has 0 radical (unpaired) electrons. The largest absolute Gasteiger partial charge is 0.310 e. The molecule has 2 heteroatoms. The van der Waals surface area contributed by atoms with Crippen LogP contribution in [0.15, 0.2) is 24.3 Å². The Hall–Kier alpha value is -0.530. The molecule has 1 aromatic rings. The molecule has 0 aliphatic carbocycles. The minimum Gasteiger partial charge on any atom is -0.310 e. The first-order chi connectivity index (χ1) is 8.13. The Morgan fingerprint density at radius 3 is 2.29 bits per heavy atom. The van der Waals surface area contributed by atoms with Crippen molar-refractivity contribution < 1.29 is 0 Å². The zero-order valence-electron chi connectivity index (χ0n) is 11.2. The van der Waals surface area contributed by atoms with E-state index in [0.717, 1.165) is 25.3 Å². The molecule has 0 fully saturated rings. The maximum Gasteiger partial charge on any atom is 0.0224 e. The molecular formula is C15H24ClN. The SMILES string of the molecule is CC(CCCCl)NCc1ccc(C(C)C)cc1. The lowest BCUT2D eigenvalue weighted by Crippen LogP contribution is -2.25. The maximum atomic E-state index is 5.68. The van der Waals surface area contributed by atoms with Gasteiger partial charge in [0.1, 0.15) is 0 Å². The molecule has 0 aliphatic heterocycles. The van der Waals surface area contributed by atoms with Crippen LogP contribution in [0.2, 0.25) is 0 Å². The van der Waals surface area contributed by atoms with Crippen LogP contribution < -0.4 is 5.32 Å². The fraction of sp³-hybridized carbons (Fsp3) is 0.600. The maximum absolute atomic E-state index is 5.68. The molecule has 0 spiro atoms. The van der Waals surface area contributed by atoms with Crippen molar-refractivity contribution >= 4 is 11.6 Å². The Bertz CT molecular complexity index is 305. The number of nitrogens with one attached hydrogen (secondary N) is 1. The molecular weight excluding hydrogens is 230 g/mol. The highest BCUT2D eigenvalue weighted by atomic mass is 35.5. The van der Waals surface area contributed by atoms with E-state index in [4.69, 9.17) is 11.6 Å². The monoisotopic (exact) mass is 253 g/mol. The van der Waals surface area contributed by atoms with Gasteiger partial charge in [-0.05, 0) is 36.8 Å². The van der Waals surface area contributed by atoms with Crippen LogP contribution >= 0.6 is 11.6 Å². The van der Waals surface area contributed by atoms with Crippen molar-refractivity contribution in [3.05, 3.63) is 35.4 Å². The standard InChI is InChI=1S/C15H24ClN/c1-12(2)15-8-6-14(7-9-15)11-17-13(3)5-4-10-16/h6-9,12-13,17H,4-5,10-11H2,1-3H3. The molecule has 17 heavy (non-hydrogen) atoms. The van der Waals surface area contributed by atoms with Crippen molar-refractivity contribution in [1.82, 2.24) is 5.32 Å². The van der Waals surface area contributed by atoms with E-state index in [-0.39, 0.29) is 0 Å². The third-order valence-corrected chi connectivity index (χ3v) is 3.34. The predicted molar refractivity (Wildman–Crippen MR) is 76.8 cm³/mol. The highest BCUT2D eigenvalue weighted by molar-refractivity contribution is 6.17. The highest BCUT2D eigenvalue weighted by Crippen LogP contribution is 2.14. The molecule has 0 amide bonds. The van der Waals surface area contributed by atoms with Crippen LogP contribution in [-0.4, -0.2) is 11.9 Å². The topological polar surface area (TPSA) is 12.0 Å². The van der Waals surface area contributed by atoms with Crippen LogP contribution in [0.5, 0.6) is 0 Å². The predicted octanol–water partition coefficient (Wildman–Crippen LogP) is 4.31. The summed E-state index contributed by atoms with van der Waals surface area (Å²) in [5.41, 5.74) is 2.76. The Morgan fingerprint density at radius 1 is 1.12 bits per heavy atom. The quantitative estimate of drug-likeness (QED) is 0.714. The van der Waals surface area contributed by atoms with Gasteiger partial charge in [0.05, 0.1) is 0 Å². The lowest BCUT2D eigenvalue weighted by molar-refractivity contribution is 0.509. The first kappa shape index (κ1) is 14.5. The summed E-state index contributed by atoms with van der Waals surface area (Å²) in [5, 5.41) is 3.52. The van der Waals surface area contributed by atoms with Gasteiger partial charge in [0, 0.05) is 18.5 Å². The fourth-order valence-corrected chi connectivity index (χ4v) is 1.95. The van der Waals surface area contributed by atoms with E-state index in [1.807, 2.05) is 0 Å². The molecule has 0 bridgehead atoms. The second-order valence-corrected chi connectivity index (χ2v) is 5.39. The minimum absolute atomic E-state index is 0.540. The number of alkyl halides is 1. The average Bonchev–Trinajstić information content (AvgIpc) is 2.34. The molecule has 96 valence electrons. The van der Waals surface area contributed by atoms with Gasteiger partial charge in [-0.25, -0.2) is 0 Å². The van der Waals surface area contributed by atoms with Gasteiger partial charge in [0.2, 0.25) is 0 Å². The Morgan fingerprint density at radius 2 is 1.76 bits per heavy atom. The van der Waals surface area contributed by atoms with Gasteiger partial charge in [0.25, 0.3) is 0 Å². The van der Waals surface area contributed by atoms with E-state index in [0.29, 0.717) is 12.0 Å². The first-order valence-electron chi connectivity index (χ1n) is 6.51. The Labute approximate surface area is 111 Å². The summed E-state index contributed by atoms with van der Waals surface area (Å²) in [6.45, 7) is 7.61. The van der Waals surface area contributed by atoms with Crippen molar-refractivity contribution in [1.29, 1.82) is 0 Å². The van der Waals surface area contributed by atoms with Crippen LogP contribution in [0.25, 0.3) is 0 Å². The van der Waals surface area contributed by atoms with E-state index in [2.05, 4.69) is 50.4 Å². The van der Waals surface area contributed by atoms with Gasteiger partial charge in [-0.15, -0.1) is 11.6 Å². The summed E-state index contributed by atoms with van der Waals surface area (Å²) >= 11 is 5.68. The summed E-state index contributed by atoms with van der Waals surface area (Å²) in [7, 11) is 0. The molecule has 1 N–H and O–H groups in total. The summed E-state index contributed by atoms with van der Waals surface area (Å²) in [6.07, 6.45) is 2.23. The lowest BCUT2D eigenvalue weighted by atomic mass is 10.0. The third-order valence-electron chi connectivity index (χ3n) is 3.07. The second-order valence-electron chi connectivity index (χ2n) is 5.01. The van der Waals surface area contributed by atoms with Crippen LogP contribution in [0.4, 0.5) is 0 Å². The van der Waals surface area contributed by atoms with Gasteiger partial charge in [-0.1, -0.05) is 38.1 Å². The van der Waals surface area contributed by atoms with E-state index in [9.17, 15) is 0 Å². The van der Waals surface area contributed by atoms with Crippen molar-refractivity contribution in [3.8, 4) is 0 Å². The van der Waals surface area contributed by atoms with E-state index in [1.165, 1.54) is 11.1 Å². The smallest absolute Gasteiger partial charge is 0.0224 e. The van der Waals surface area contributed by atoms with Crippen molar-refractivity contribution in [2.24, 2.45) is 0 Å². The molecule has 0 saturated heterocycles. The summed E-state index contributed by atoms with van der Waals surface area (Å²) in [5.74, 6) is 1.37. The third kappa shape index (κ3) is 5.56. The lowest BCUT2D eigenvalue weighted by Gasteiger charge is -2.13. The summed E-state index contributed by atoms with van der Waals surface area (Å²) in [6, 6.07) is 9.43. The van der Waals surface area contributed by atoms with Crippen LogP contribution in [-0.2, 0) is 6.54 Å². The molecule has 0 aliphatic rings. The summed E-state index contributed by atoms with van der Waals surface area (Å²) < 4.78 is 0. The zero-order valence-corrected chi connectivity index (χ0v) is 11.9. The van der Waals surface area contributed by atoms with Crippen molar-refractivity contribution in [2.45, 2.75) is 52.1 Å². The molecule has 1 unspecified atom stereocenters. The first-order valence-corrected chi connectivity index (χ1v) is 7.05. The number of halogens is 1. The van der Waals surface area contributed by atoms with E-state index >= 15 is 0 Å². The van der Waals surface area contributed by atoms with Gasteiger partial charge in [0.15, 0.2) is 0 Å². The highest BCUT2D eigenvalue weighted by Gasteiger charge is 2.02. The molecule has 1 atom stereocenters. The molecule has 1 aromatic carbocycles.